The molecule has 25 heavy (non-hydrogen) atoms. The molecule has 0 aliphatic heterocycles. The van der Waals surface area contributed by atoms with Crippen molar-refractivity contribution in [3.05, 3.63) is 47.9 Å². The number of hydrogen-bond donors (Lipinski definition) is 1. The van der Waals surface area contributed by atoms with Crippen LogP contribution in [0.4, 0.5) is 5.69 Å². The lowest BCUT2D eigenvalue weighted by Gasteiger charge is -2.16. The number of nitrogens with zero attached hydrogens (tertiary/aromatic N) is 1. The number of carbonyl (C=O) groups excluding carboxylic acids is 1. The molecular weight excluding hydrogens is 340 g/mol. The van der Waals surface area contributed by atoms with Crippen molar-refractivity contribution in [1.82, 2.24) is 4.31 Å². The molecule has 0 unspecified atom stereocenters. The Morgan fingerprint density at radius 1 is 1.24 bits per heavy atom. The molecule has 1 N–H and O–H groups in total. The lowest BCUT2D eigenvalue weighted by atomic mass is 10.3. The van der Waals surface area contributed by atoms with Crippen molar-refractivity contribution in [2.24, 2.45) is 5.92 Å². The van der Waals surface area contributed by atoms with Crippen LogP contribution in [-0.2, 0) is 21.4 Å². The van der Waals surface area contributed by atoms with Crippen molar-refractivity contribution >= 4 is 21.6 Å². The van der Waals surface area contributed by atoms with Gasteiger partial charge in [-0.2, -0.15) is 4.31 Å². The van der Waals surface area contributed by atoms with Gasteiger partial charge in [0.05, 0.1) is 11.4 Å². The Hall–Kier alpha value is -2.12. The molecule has 1 aliphatic carbocycles. The van der Waals surface area contributed by atoms with Crippen LogP contribution in [-0.4, -0.2) is 25.7 Å². The van der Waals surface area contributed by atoms with Crippen LogP contribution in [0.15, 0.2) is 45.7 Å². The molecule has 1 amide bonds. The minimum atomic E-state index is -3.63. The minimum Gasteiger partial charge on any atom is -0.464 e. The molecule has 3 rings (SSSR count). The van der Waals surface area contributed by atoms with Gasteiger partial charge in [-0.05, 0) is 48.7 Å². The summed E-state index contributed by atoms with van der Waals surface area (Å²) in [4.78, 5) is 11.2. The van der Waals surface area contributed by atoms with Crippen LogP contribution in [0.2, 0.25) is 0 Å². The van der Waals surface area contributed by atoms with Gasteiger partial charge in [0.15, 0.2) is 0 Å². The molecule has 2 atom stereocenters. The Balaban J connectivity index is 1.70. The zero-order valence-corrected chi connectivity index (χ0v) is 15.3. The van der Waals surface area contributed by atoms with Gasteiger partial charge in [-0.25, -0.2) is 8.42 Å². The summed E-state index contributed by atoms with van der Waals surface area (Å²) in [5.74, 6) is 2.48. The predicted octanol–water partition coefficient (Wildman–Crippen LogP) is 3.18. The molecule has 7 heteroatoms. The number of amides is 1. The second-order valence-electron chi connectivity index (χ2n) is 6.59. The normalized spacial score (nSPS) is 19.8. The zero-order chi connectivity index (χ0) is 18.2. The van der Waals surface area contributed by atoms with E-state index in [0.717, 1.165) is 12.2 Å². The molecule has 134 valence electrons. The van der Waals surface area contributed by atoms with Crippen LogP contribution in [0, 0.1) is 5.92 Å². The molecule has 0 radical (unpaired) electrons. The Morgan fingerprint density at radius 3 is 2.44 bits per heavy atom. The average molecular weight is 362 g/mol. The van der Waals surface area contributed by atoms with Gasteiger partial charge < -0.3 is 9.73 Å². The van der Waals surface area contributed by atoms with Crippen molar-refractivity contribution in [3.8, 4) is 0 Å². The van der Waals surface area contributed by atoms with Gasteiger partial charge in [-0.15, -0.1) is 0 Å². The maximum atomic E-state index is 12.7. The molecule has 1 aromatic heterocycles. The lowest BCUT2D eigenvalue weighted by Crippen LogP contribution is -2.26. The predicted molar refractivity (Wildman–Crippen MR) is 94.6 cm³/mol. The molecule has 1 fully saturated rings. The molecule has 0 spiro atoms. The standard InChI is InChI=1S/C18H22N2O4S/c1-12-10-17(12)18-9-6-15(24-18)11-20(3)25(22,23)16-7-4-14(5-8-16)19-13(2)21/h4-9,12,17H,10-11H2,1-3H3,(H,19,21)/t12-,17-/m0/s1. The largest absolute Gasteiger partial charge is 0.464 e. The van der Waals surface area contributed by atoms with Crippen LogP contribution in [0.3, 0.4) is 0 Å². The van der Waals surface area contributed by atoms with E-state index in [0.29, 0.717) is 23.3 Å². The highest BCUT2D eigenvalue weighted by Gasteiger charge is 2.36. The number of rotatable bonds is 6. The van der Waals surface area contributed by atoms with Crippen LogP contribution >= 0.6 is 0 Å². The molecule has 1 aliphatic rings. The zero-order valence-electron chi connectivity index (χ0n) is 14.5. The fourth-order valence-electron chi connectivity index (χ4n) is 2.80. The Kier molecular flexibility index (Phi) is 4.71. The first kappa shape index (κ1) is 17.7. The summed E-state index contributed by atoms with van der Waals surface area (Å²) in [7, 11) is -2.10. The first-order chi connectivity index (χ1) is 11.8. The van der Waals surface area contributed by atoms with E-state index in [2.05, 4.69) is 12.2 Å². The Labute approximate surface area is 147 Å². The number of hydrogen-bond acceptors (Lipinski definition) is 4. The van der Waals surface area contributed by atoms with E-state index in [1.54, 1.807) is 12.1 Å². The van der Waals surface area contributed by atoms with E-state index < -0.39 is 10.0 Å². The number of nitrogens with one attached hydrogen (secondary N) is 1. The first-order valence-corrected chi connectivity index (χ1v) is 9.64. The molecule has 1 heterocycles. The summed E-state index contributed by atoms with van der Waals surface area (Å²) in [5.41, 5.74) is 0.559. The van der Waals surface area contributed by atoms with Gasteiger partial charge in [-0.1, -0.05) is 6.92 Å². The molecule has 0 saturated heterocycles. The van der Waals surface area contributed by atoms with Crippen molar-refractivity contribution in [1.29, 1.82) is 0 Å². The second-order valence-corrected chi connectivity index (χ2v) is 8.64. The fraction of sp³-hybridized carbons (Fsp3) is 0.389. The maximum absolute atomic E-state index is 12.7. The first-order valence-electron chi connectivity index (χ1n) is 8.20. The minimum absolute atomic E-state index is 0.173. The average Bonchev–Trinajstić information content (AvgIpc) is 3.09. The smallest absolute Gasteiger partial charge is 0.243 e. The van der Waals surface area contributed by atoms with Gasteiger partial charge in [0.2, 0.25) is 15.9 Å². The quantitative estimate of drug-likeness (QED) is 0.856. The number of sulfonamides is 1. The summed E-state index contributed by atoms with van der Waals surface area (Å²) in [6, 6.07) is 9.88. The highest BCUT2D eigenvalue weighted by molar-refractivity contribution is 7.89. The number of benzene rings is 1. The summed E-state index contributed by atoms with van der Waals surface area (Å²) in [6.45, 7) is 3.75. The Morgan fingerprint density at radius 2 is 1.88 bits per heavy atom. The second kappa shape index (κ2) is 6.65. The number of carbonyl (C=O) groups is 1. The van der Waals surface area contributed by atoms with Crippen LogP contribution in [0.25, 0.3) is 0 Å². The highest BCUT2D eigenvalue weighted by atomic mass is 32.2. The third kappa shape index (κ3) is 3.93. The van der Waals surface area contributed by atoms with Crippen LogP contribution in [0.5, 0.6) is 0 Å². The van der Waals surface area contributed by atoms with Gasteiger partial charge >= 0.3 is 0 Å². The van der Waals surface area contributed by atoms with E-state index in [1.165, 1.54) is 30.4 Å². The summed E-state index contributed by atoms with van der Waals surface area (Å²) in [5, 5.41) is 2.61. The van der Waals surface area contributed by atoms with E-state index in [-0.39, 0.29) is 17.3 Å². The van der Waals surface area contributed by atoms with Crippen molar-refractivity contribution in [3.63, 3.8) is 0 Å². The summed E-state index contributed by atoms with van der Waals surface area (Å²) < 4.78 is 32.4. The lowest BCUT2D eigenvalue weighted by molar-refractivity contribution is -0.114. The van der Waals surface area contributed by atoms with Gasteiger partial charge in [0, 0.05) is 25.6 Å². The molecule has 1 aromatic carbocycles. The Bertz CT molecular complexity index is 871. The van der Waals surface area contributed by atoms with Crippen molar-refractivity contribution in [2.45, 2.75) is 37.6 Å². The van der Waals surface area contributed by atoms with E-state index in [1.807, 2.05) is 12.1 Å². The van der Waals surface area contributed by atoms with E-state index >= 15 is 0 Å². The van der Waals surface area contributed by atoms with Crippen molar-refractivity contribution in [2.75, 3.05) is 12.4 Å². The van der Waals surface area contributed by atoms with Gasteiger partial charge in [-0.3, -0.25) is 4.79 Å². The third-order valence-corrected chi connectivity index (χ3v) is 6.24. The fourth-order valence-corrected chi connectivity index (χ4v) is 3.93. The number of anilines is 1. The monoisotopic (exact) mass is 362 g/mol. The summed E-state index contributed by atoms with van der Waals surface area (Å²) >= 11 is 0. The van der Waals surface area contributed by atoms with Gasteiger partial charge in [0.1, 0.15) is 11.5 Å². The molecule has 1 saturated carbocycles. The third-order valence-electron chi connectivity index (χ3n) is 4.42. The van der Waals surface area contributed by atoms with Gasteiger partial charge in [0.25, 0.3) is 0 Å². The number of furan rings is 1. The topological polar surface area (TPSA) is 79.6 Å². The van der Waals surface area contributed by atoms with Crippen LogP contribution < -0.4 is 5.32 Å². The molecule has 6 nitrogen and oxygen atoms in total. The SMILES string of the molecule is CC(=O)Nc1ccc(S(=O)(=O)N(C)Cc2ccc([C@H]3C[C@@H]3C)o2)cc1. The van der Waals surface area contributed by atoms with E-state index in [4.69, 9.17) is 4.42 Å². The molecular formula is C18H22N2O4S. The summed E-state index contributed by atoms with van der Waals surface area (Å²) in [6.07, 6.45) is 1.13. The highest BCUT2D eigenvalue weighted by Crippen LogP contribution is 2.47. The van der Waals surface area contributed by atoms with E-state index in [9.17, 15) is 13.2 Å². The molecule has 0 bridgehead atoms. The maximum Gasteiger partial charge on any atom is 0.243 e. The molecule has 2 aromatic rings. The van der Waals surface area contributed by atoms with Crippen LogP contribution in [0.1, 0.15) is 37.7 Å². The van der Waals surface area contributed by atoms with Crippen molar-refractivity contribution < 1.29 is 17.6 Å².